The Morgan fingerprint density at radius 1 is 0.872 bits per heavy atom. The highest BCUT2D eigenvalue weighted by Gasteiger charge is 2.38. The summed E-state index contributed by atoms with van der Waals surface area (Å²) >= 11 is 0. The van der Waals surface area contributed by atoms with E-state index in [1.165, 1.54) is 9.21 Å². The van der Waals surface area contributed by atoms with Crippen LogP contribution >= 0.6 is 0 Å². The second kappa shape index (κ2) is 12.0. The molecular formula is C30H33N3O5S. The van der Waals surface area contributed by atoms with E-state index in [0.29, 0.717) is 30.8 Å². The van der Waals surface area contributed by atoms with Gasteiger partial charge in [-0.3, -0.25) is 9.59 Å². The predicted octanol–water partition coefficient (Wildman–Crippen LogP) is 4.12. The third-order valence-corrected chi connectivity index (χ3v) is 9.21. The highest BCUT2D eigenvalue weighted by Crippen LogP contribution is 2.34. The van der Waals surface area contributed by atoms with Crippen LogP contribution < -0.4 is 15.0 Å². The van der Waals surface area contributed by atoms with Gasteiger partial charge in [0.15, 0.2) is 6.10 Å². The molecule has 0 radical (unpaired) electrons. The fraction of sp³-hybridized carbons (Fsp3) is 0.333. The molecule has 0 bridgehead atoms. The molecule has 5 rings (SSSR count). The van der Waals surface area contributed by atoms with Crippen molar-refractivity contribution >= 4 is 27.5 Å². The lowest BCUT2D eigenvalue weighted by molar-refractivity contribution is -0.128. The number of carbonyl (C=O) groups excluding carboxylic acids is 2. The van der Waals surface area contributed by atoms with Gasteiger partial charge in [-0.05, 0) is 42.7 Å². The molecule has 204 valence electrons. The van der Waals surface area contributed by atoms with Crippen molar-refractivity contribution in [3.05, 3.63) is 90.5 Å². The number of amides is 2. The van der Waals surface area contributed by atoms with E-state index in [1.807, 2.05) is 30.3 Å². The molecule has 0 unspecified atom stereocenters. The molecular weight excluding hydrogens is 514 g/mol. The van der Waals surface area contributed by atoms with E-state index in [-0.39, 0.29) is 29.9 Å². The van der Waals surface area contributed by atoms with E-state index in [9.17, 15) is 18.0 Å². The monoisotopic (exact) mass is 547 g/mol. The first-order valence-corrected chi connectivity index (χ1v) is 14.8. The molecule has 8 nitrogen and oxygen atoms in total. The number of para-hydroxylation sites is 2. The van der Waals surface area contributed by atoms with Gasteiger partial charge in [-0.1, -0.05) is 79.9 Å². The Balaban J connectivity index is 1.38. The molecule has 1 saturated carbocycles. The minimum absolute atomic E-state index is 0.0135. The van der Waals surface area contributed by atoms with Crippen LogP contribution in [0.2, 0.25) is 0 Å². The van der Waals surface area contributed by atoms with Crippen molar-refractivity contribution in [2.45, 2.75) is 55.7 Å². The lowest BCUT2D eigenvalue weighted by Gasteiger charge is -2.37. The van der Waals surface area contributed by atoms with E-state index < -0.39 is 22.0 Å². The summed E-state index contributed by atoms with van der Waals surface area (Å²) in [4.78, 5) is 28.6. The fourth-order valence-corrected chi connectivity index (χ4v) is 6.89. The molecule has 1 aliphatic heterocycles. The lowest BCUT2D eigenvalue weighted by Crippen LogP contribution is -2.54. The zero-order valence-corrected chi connectivity index (χ0v) is 22.6. The maximum absolute atomic E-state index is 13.9. The van der Waals surface area contributed by atoms with E-state index >= 15 is 0 Å². The Kier molecular flexibility index (Phi) is 8.28. The number of rotatable bonds is 8. The summed E-state index contributed by atoms with van der Waals surface area (Å²) in [6.07, 6.45) is 3.39. The van der Waals surface area contributed by atoms with Gasteiger partial charge in [0, 0.05) is 12.6 Å². The number of sulfonamides is 1. The van der Waals surface area contributed by atoms with Crippen molar-refractivity contribution in [1.82, 2.24) is 9.62 Å². The van der Waals surface area contributed by atoms with Crippen LogP contribution in [-0.4, -0.2) is 49.8 Å². The van der Waals surface area contributed by atoms with Crippen LogP contribution in [0.3, 0.4) is 0 Å². The maximum Gasteiger partial charge on any atom is 0.263 e. The Morgan fingerprint density at radius 3 is 2.23 bits per heavy atom. The van der Waals surface area contributed by atoms with Gasteiger partial charge >= 0.3 is 0 Å². The minimum atomic E-state index is -3.91. The topological polar surface area (TPSA) is 96.0 Å². The standard InChI is InChI=1S/C30H33N3O5S/c34-29(22-33(24-14-6-2-7-15-24)39(36,37)25-16-8-3-9-17-25)32-21-28(38-27-19-11-10-18-26(27)32)30(35)31-20-23-12-4-1-5-13-23/h1,3-5,8-13,16-19,24,28H,2,6-7,14-15,20-22H2,(H,31,35)/t28-/m0/s1. The van der Waals surface area contributed by atoms with Gasteiger partial charge in [-0.15, -0.1) is 0 Å². The second-order valence-corrected chi connectivity index (χ2v) is 11.8. The largest absolute Gasteiger partial charge is 0.477 e. The molecule has 1 fully saturated rings. The minimum Gasteiger partial charge on any atom is -0.477 e. The lowest BCUT2D eigenvalue weighted by atomic mass is 9.95. The number of hydrogen-bond acceptors (Lipinski definition) is 5. The number of nitrogens with one attached hydrogen (secondary N) is 1. The Morgan fingerprint density at radius 2 is 1.51 bits per heavy atom. The highest BCUT2D eigenvalue weighted by molar-refractivity contribution is 7.89. The quantitative estimate of drug-likeness (QED) is 0.458. The van der Waals surface area contributed by atoms with Gasteiger partial charge < -0.3 is 15.0 Å². The smallest absolute Gasteiger partial charge is 0.263 e. The van der Waals surface area contributed by atoms with Crippen LogP contribution in [0.4, 0.5) is 5.69 Å². The van der Waals surface area contributed by atoms with Gasteiger partial charge in [0.1, 0.15) is 5.75 Å². The highest BCUT2D eigenvalue weighted by atomic mass is 32.2. The first kappa shape index (κ1) is 26.9. The van der Waals surface area contributed by atoms with Crippen molar-refractivity contribution in [3.63, 3.8) is 0 Å². The third kappa shape index (κ3) is 6.15. The number of anilines is 1. The Bertz CT molecular complexity index is 1390. The summed E-state index contributed by atoms with van der Waals surface area (Å²) in [6.45, 7) is 0.00878. The first-order chi connectivity index (χ1) is 18.9. The first-order valence-electron chi connectivity index (χ1n) is 13.4. The molecule has 1 aliphatic carbocycles. The zero-order valence-electron chi connectivity index (χ0n) is 21.7. The van der Waals surface area contributed by atoms with Crippen LogP contribution in [0.15, 0.2) is 89.8 Å². The number of carbonyl (C=O) groups is 2. The average Bonchev–Trinajstić information content (AvgIpc) is 2.99. The van der Waals surface area contributed by atoms with Crippen LogP contribution in [0, 0.1) is 0 Å². The third-order valence-electron chi connectivity index (χ3n) is 7.30. The summed E-state index contributed by atoms with van der Waals surface area (Å²) in [5.41, 5.74) is 1.47. The summed E-state index contributed by atoms with van der Waals surface area (Å²) in [5.74, 6) is -0.323. The van der Waals surface area contributed by atoms with Crippen molar-refractivity contribution in [2.24, 2.45) is 0 Å². The van der Waals surface area contributed by atoms with E-state index in [0.717, 1.165) is 24.8 Å². The van der Waals surface area contributed by atoms with E-state index in [4.69, 9.17) is 4.74 Å². The molecule has 0 saturated heterocycles. The molecule has 0 aromatic heterocycles. The van der Waals surface area contributed by atoms with Crippen molar-refractivity contribution < 1.29 is 22.7 Å². The molecule has 2 amide bonds. The van der Waals surface area contributed by atoms with E-state index in [2.05, 4.69) is 5.32 Å². The van der Waals surface area contributed by atoms with Crippen molar-refractivity contribution in [3.8, 4) is 5.75 Å². The zero-order chi connectivity index (χ0) is 27.2. The number of benzene rings is 3. The molecule has 2 aliphatic rings. The number of ether oxygens (including phenoxy) is 1. The molecule has 39 heavy (non-hydrogen) atoms. The molecule has 9 heteroatoms. The molecule has 1 atom stereocenters. The van der Waals surface area contributed by atoms with Gasteiger partial charge in [0.05, 0.1) is 23.7 Å². The Labute approximate surface area is 229 Å². The number of nitrogens with zero attached hydrogens (tertiary/aromatic N) is 2. The summed E-state index contributed by atoms with van der Waals surface area (Å²) in [6, 6.07) is 24.6. The summed E-state index contributed by atoms with van der Waals surface area (Å²) in [7, 11) is -3.91. The number of hydrogen-bond donors (Lipinski definition) is 1. The van der Waals surface area contributed by atoms with Gasteiger partial charge in [-0.25, -0.2) is 8.42 Å². The predicted molar refractivity (Wildman–Crippen MR) is 149 cm³/mol. The summed E-state index contributed by atoms with van der Waals surface area (Å²) in [5, 5.41) is 2.89. The van der Waals surface area contributed by atoms with Gasteiger partial charge in [0.2, 0.25) is 15.9 Å². The fourth-order valence-electron chi connectivity index (χ4n) is 5.23. The normalized spacial score (nSPS) is 17.8. The van der Waals surface area contributed by atoms with Crippen LogP contribution in [0.1, 0.15) is 37.7 Å². The van der Waals surface area contributed by atoms with Crippen LogP contribution in [-0.2, 0) is 26.2 Å². The van der Waals surface area contributed by atoms with Crippen LogP contribution in [0.5, 0.6) is 5.75 Å². The van der Waals surface area contributed by atoms with Crippen molar-refractivity contribution in [1.29, 1.82) is 0 Å². The van der Waals surface area contributed by atoms with Crippen molar-refractivity contribution in [2.75, 3.05) is 18.0 Å². The summed E-state index contributed by atoms with van der Waals surface area (Å²) < 4.78 is 34.9. The molecule has 0 spiro atoms. The molecule has 1 heterocycles. The SMILES string of the molecule is O=C(NCc1ccccc1)[C@@H]1CN(C(=O)CN(C2CCCCC2)S(=O)(=O)c2ccccc2)c2ccccc2O1. The maximum atomic E-state index is 13.9. The second-order valence-electron chi connectivity index (χ2n) is 9.94. The average molecular weight is 548 g/mol. The Hall–Kier alpha value is -3.69. The van der Waals surface area contributed by atoms with Gasteiger partial charge in [-0.2, -0.15) is 4.31 Å². The van der Waals surface area contributed by atoms with Gasteiger partial charge in [0.25, 0.3) is 5.91 Å². The molecule has 1 N–H and O–H groups in total. The van der Waals surface area contributed by atoms with E-state index in [1.54, 1.807) is 54.6 Å². The molecule has 3 aromatic rings. The van der Waals surface area contributed by atoms with Crippen LogP contribution in [0.25, 0.3) is 0 Å². The number of fused-ring (bicyclic) bond motifs is 1. The molecule has 3 aromatic carbocycles.